The maximum absolute atomic E-state index is 11.8. The molecular weight excluding hydrogens is 284 g/mol. The molecule has 0 aliphatic heterocycles. The second kappa shape index (κ2) is 9.83. The van der Waals surface area contributed by atoms with Gasteiger partial charge in [0.05, 0.1) is 5.92 Å². The number of ether oxygens (including phenoxy) is 1. The van der Waals surface area contributed by atoms with Crippen LogP contribution in [0.1, 0.15) is 13.8 Å². The molecule has 0 bridgehead atoms. The van der Waals surface area contributed by atoms with E-state index in [4.69, 9.17) is 10.6 Å². The van der Waals surface area contributed by atoms with Crippen molar-refractivity contribution in [2.45, 2.75) is 19.9 Å². The van der Waals surface area contributed by atoms with E-state index in [-0.39, 0.29) is 18.6 Å². The van der Waals surface area contributed by atoms with E-state index < -0.39 is 11.9 Å². The molecule has 0 aromatic rings. The lowest BCUT2D eigenvalue weighted by Gasteiger charge is -2.21. The van der Waals surface area contributed by atoms with Crippen LogP contribution in [-0.4, -0.2) is 67.5 Å². The molecule has 2 atom stereocenters. The number of hydrogen-bond acceptors (Lipinski definition) is 6. The summed E-state index contributed by atoms with van der Waals surface area (Å²) in [6.45, 7) is 3.49. The number of carbonyl (C=O) groups excluding carboxylic acids is 2. The monoisotopic (exact) mass is 312 g/mol. The molecule has 0 radical (unpaired) electrons. The smallest absolute Gasteiger partial charge is 0.313 e. The van der Waals surface area contributed by atoms with Crippen molar-refractivity contribution < 1.29 is 14.3 Å². The summed E-state index contributed by atoms with van der Waals surface area (Å²) in [5.74, 6) is 4.40. The van der Waals surface area contributed by atoms with Gasteiger partial charge in [0.25, 0.3) is 5.91 Å². The van der Waals surface area contributed by atoms with Crippen LogP contribution in [0.15, 0.2) is 24.6 Å². The lowest BCUT2D eigenvalue weighted by molar-refractivity contribution is -0.153. The third kappa shape index (κ3) is 8.31. The van der Waals surface area contributed by atoms with Crippen LogP contribution in [-0.2, 0) is 14.3 Å². The van der Waals surface area contributed by atoms with Gasteiger partial charge in [-0.1, -0.05) is 6.08 Å². The first-order valence-electron chi connectivity index (χ1n) is 7.08. The van der Waals surface area contributed by atoms with E-state index in [2.05, 4.69) is 0 Å². The van der Waals surface area contributed by atoms with Crippen LogP contribution in [0.5, 0.6) is 0 Å². The summed E-state index contributed by atoms with van der Waals surface area (Å²) in [5, 5.41) is 1.47. The quantitative estimate of drug-likeness (QED) is 0.397. The van der Waals surface area contributed by atoms with Crippen LogP contribution in [0.3, 0.4) is 0 Å². The Morgan fingerprint density at radius 1 is 1.09 bits per heavy atom. The number of rotatable bonds is 8. The van der Waals surface area contributed by atoms with Crippen LogP contribution in [0, 0.1) is 5.92 Å². The first-order valence-corrected chi connectivity index (χ1v) is 7.08. The van der Waals surface area contributed by atoms with E-state index in [1.807, 2.05) is 31.1 Å². The Bertz CT molecular complexity index is 419. The van der Waals surface area contributed by atoms with Crippen molar-refractivity contribution in [3.63, 3.8) is 0 Å². The molecule has 0 saturated heterocycles. The molecule has 7 nitrogen and oxygen atoms in total. The molecule has 2 unspecified atom stereocenters. The van der Waals surface area contributed by atoms with Gasteiger partial charge in [0.2, 0.25) is 0 Å². The van der Waals surface area contributed by atoms with Crippen molar-refractivity contribution in [3.8, 4) is 0 Å². The summed E-state index contributed by atoms with van der Waals surface area (Å²) in [7, 11) is 6.87. The van der Waals surface area contributed by atoms with Crippen molar-refractivity contribution >= 4 is 11.9 Å². The fourth-order valence-corrected chi connectivity index (χ4v) is 1.27. The summed E-state index contributed by atoms with van der Waals surface area (Å²) < 4.78 is 4.96. The standard InChI is InChI=1S/C15H28N4O3/c1-12(15(21)22-11-14(20)17(3)4)7-9-18(5)13(2)8-10-19(6)16/h7-10,12-13H,11,16H2,1-6H3/b9-7+,10-8+. The Morgan fingerprint density at radius 3 is 2.18 bits per heavy atom. The molecule has 0 saturated carbocycles. The first kappa shape index (κ1) is 20.0. The van der Waals surface area contributed by atoms with Crippen molar-refractivity contribution in [1.29, 1.82) is 0 Å². The minimum absolute atomic E-state index is 0.126. The van der Waals surface area contributed by atoms with Gasteiger partial charge in [0.1, 0.15) is 0 Å². The van der Waals surface area contributed by atoms with Crippen molar-refractivity contribution in [2.75, 3.05) is 34.8 Å². The number of esters is 1. The lowest BCUT2D eigenvalue weighted by atomic mass is 10.2. The zero-order chi connectivity index (χ0) is 17.3. The van der Waals surface area contributed by atoms with Crippen molar-refractivity contribution in [1.82, 2.24) is 14.8 Å². The topological polar surface area (TPSA) is 79.1 Å². The highest BCUT2D eigenvalue weighted by Crippen LogP contribution is 2.05. The van der Waals surface area contributed by atoms with E-state index in [1.165, 1.54) is 9.91 Å². The zero-order valence-electron chi connectivity index (χ0n) is 14.3. The van der Waals surface area contributed by atoms with E-state index in [9.17, 15) is 9.59 Å². The number of hydrogen-bond donors (Lipinski definition) is 1. The molecular formula is C15H28N4O3. The van der Waals surface area contributed by atoms with E-state index in [1.54, 1.807) is 40.3 Å². The average molecular weight is 312 g/mol. The molecule has 0 rings (SSSR count). The van der Waals surface area contributed by atoms with Gasteiger partial charge < -0.3 is 19.5 Å². The molecule has 0 fully saturated rings. The minimum atomic E-state index is -0.426. The highest BCUT2D eigenvalue weighted by Gasteiger charge is 2.14. The summed E-state index contributed by atoms with van der Waals surface area (Å²) >= 11 is 0. The Morgan fingerprint density at radius 2 is 1.68 bits per heavy atom. The Labute approximate surface area is 132 Å². The third-order valence-electron chi connectivity index (χ3n) is 3.06. The predicted molar refractivity (Wildman–Crippen MR) is 86.3 cm³/mol. The molecule has 1 amide bonds. The number of hydrazine groups is 1. The van der Waals surface area contributed by atoms with Gasteiger partial charge in [-0.05, 0) is 26.1 Å². The first-order chi connectivity index (χ1) is 10.1. The Kier molecular flexibility index (Phi) is 8.93. The van der Waals surface area contributed by atoms with E-state index in [0.29, 0.717) is 0 Å². The van der Waals surface area contributed by atoms with E-state index in [0.717, 1.165) is 0 Å². The number of nitrogens with zero attached hydrogens (tertiary/aromatic N) is 3. The van der Waals surface area contributed by atoms with E-state index >= 15 is 0 Å². The lowest BCUT2D eigenvalue weighted by Crippen LogP contribution is -2.29. The predicted octanol–water partition coefficient (Wildman–Crippen LogP) is 0.407. The van der Waals surface area contributed by atoms with Crippen molar-refractivity contribution in [3.05, 3.63) is 24.6 Å². The maximum Gasteiger partial charge on any atom is 0.313 e. The highest BCUT2D eigenvalue weighted by atomic mass is 16.5. The third-order valence-corrected chi connectivity index (χ3v) is 3.06. The van der Waals surface area contributed by atoms with Crippen LogP contribution >= 0.6 is 0 Å². The fourth-order valence-electron chi connectivity index (χ4n) is 1.27. The van der Waals surface area contributed by atoms with Crippen LogP contribution in [0.4, 0.5) is 0 Å². The molecule has 0 aliphatic rings. The zero-order valence-corrected chi connectivity index (χ0v) is 14.3. The Hall–Kier alpha value is -2.02. The van der Waals surface area contributed by atoms with Gasteiger partial charge in [-0.25, -0.2) is 5.84 Å². The van der Waals surface area contributed by atoms with Crippen molar-refractivity contribution in [2.24, 2.45) is 11.8 Å². The molecule has 2 N–H and O–H groups in total. The van der Waals surface area contributed by atoms with Gasteiger partial charge >= 0.3 is 5.97 Å². The fraction of sp³-hybridized carbons (Fsp3) is 0.600. The average Bonchev–Trinajstić information content (AvgIpc) is 2.46. The molecule has 0 aromatic heterocycles. The number of amides is 1. The second-order valence-electron chi connectivity index (χ2n) is 5.44. The molecule has 0 aromatic carbocycles. The minimum Gasteiger partial charge on any atom is -0.455 e. The van der Waals surface area contributed by atoms with Gasteiger partial charge in [0.15, 0.2) is 6.61 Å². The number of likely N-dealkylation sites (N-methyl/N-ethyl adjacent to an activating group) is 2. The molecule has 7 heteroatoms. The number of nitrogens with two attached hydrogens (primary N) is 1. The molecule has 126 valence electrons. The molecule has 0 aliphatic carbocycles. The second-order valence-corrected chi connectivity index (χ2v) is 5.44. The molecule has 0 spiro atoms. The van der Waals surface area contributed by atoms with Crippen LogP contribution in [0.2, 0.25) is 0 Å². The van der Waals surface area contributed by atoms with Crippen LogP contribution in [0.25, 0.3) is 0 Å². The maximum atomic E-state index is 11.8. The summed E-state index contributed by atoms with van der Waals surface area (Å²) in [5.41, 5.74) is 0. The van der Waals surface area contributed by atoms with Gasteiger partial charge in [-0.15, -0.1) is 0 Å². The summed E-state index contributed by atoms with van der Waals surface area (Å²) in [4.78, 5) is 26.4. The van der Waals surface area contributed by atoms with Gasteiger partial charge in [0, 0.05) is 40.4 Å². The Balaban J connectivity index is 4.35. The van der Waals surface area contributed by atoms with Gasteiger partial charge in [-0.3, -0.25) is 9.59 Å². The van der Waals surface area contributed by atoms with Crippen LogP contribution < -0.4 is 5.84 Å². The van der Waals surface area contributed by atoms with Gasteiger partial charge in [-0.2, -0.15) is 0 Å². The highest BCUT2D eigenvalue weighted by molar-refractivity contribution is 5.81. The molecule has 22 heavy (non-hydrogen) atoms. The largest absolute Gasteiger partial charge is 0.455 e. The molecule has 0 heterocycles. The SMILES string of the molecule is CC(/C=C/N(C)C(C)/C=C/N(C)N)C(=O)OCC(=O)N(C)C. The normalized spacial score (nSPS) is 14.0. The number of carbonyl (C=O) groups is 2. The summed E-state index contributed by atoms with van der Waals surface area (Å²) in [6, 6.07) is 0.126. The summed E-state index contributed by atoms with van der Waals surface area (Å²) in [6.07, 6.45) is 7.24.